The average Bonchev–Trinajstić information content (AvgIpc) is 3.26. The number of morpholine rings is 1. The molecular weight excluding hydrogens is 408 g/mol. The van der Waals surface area contributed by atoms with E-state index in [2.05, 4.69) is 24.3 Å². The van der Waals surface area contributed by atoms with Crippen molar-refractivity contribution in [1.82, 2.24) is 14.7 Å². The summed E-state index contributed by atoms with van der Waals surface area (Å²) in [5.74, 6) is 0.172. The molecule has 1 aliphatic rings. The predicted octanol–water partition coefficient (Wildman–Crippen LogP) is 3.56. The number of nitrogens with zero attached hydrogens (tertiary/aromatic N) is 3. The Bertz CT molecular complexity index is 1140. The van der Waals surface area contributed by atoms with E-state index in [1.165, 1.54) is 0 Å². The van der Waals surface area contributed by atoms with E-state index in [0.717, 1.165) is 23.5 Å². The van der Waals surface area contributed by atoms with Crippen LogP contribution in [0.25, 0.3) is 11.0 Å². The van der Waals surface area contributed by atoms with E-state index in [1.54, 1.807) is 11.0 Å². The van der Waals surface area contributed by atoms with Crippen LogP contribution < -0.4 is 5.32 Å². The standard InChI is InChI=1S/C24H30N4O4/c1-15(2)14-28-17(4)19(16(3)26-28)13-21(29)25-22-18-7-5-6-8-20(18)32-23(22)24(30)27-9-11-31-12-10-27/h5-8,15H,9-14H2,1-4H3,(H,25,29). The Morgan fingerprint density at radius 1 is 1.16 bits per heavy atom. The second-order valence-electron chi connectivity index (χ2n) is 8.66. The summed E-state index contributed by atoms with van der Waals surface area (Å²) in [7, 11) is 0. The van der Waals surface area contributed by atoms with Crippen LogP contribution in [0.5, 0.6) is 0 Å². The van der Waals surface area contributed by atoms with Crippen molar-refractivity contribution in [2.45, 2.75) is 40.7 Å². The van der Waals surface area contributed by atoms with Crippen molar-refractivity contribution in [2.75, 3.05) is 31.6 Å². The number of hydrogen-bond acceptors (Lipinski definition) is 5. The van der Waals surface area contributed by atoms with Crippen LogP contribution in [0, 0.1) is 19.8 Å². The molecule has 1 aliphatic heterocycles. The average molecular weight is 439 g/mol. The Hall–Kier alpha value is -3.13. The summed E-state index contributed by atoms with van der Waals surface area (Å²) < 4.78 is 13.2. The zero-order valence-electron chi connectivity index (χ0n) is 19.1. The summed E-state index contributed by atoms with van der Waals surface area (Å²) >= 11 is 0. The zero-order chi connectivity index (χ0) is 22.8. The van der Waals surface area contributed by atoms with Crippen LogP contribution in [0.1, 0.15) is 41.4 Å². The molecule has 3 heterocycles. The van der Waals surface area contributed by atoms with Gasteiger partial charge in [0.15, 0.2) is 0 Å². The normalized spacial score (nSPS) is 14.3. The Kier molecular flexibility index (Phi) is 6.32. The second kappa shape index (κ2) is 9.16. The molecule has 0 aliphatic carbocycles. The maximum atomic E-state index is 13.2. The first-order valence-corrected chi connectivity index (χ1v) is 11.1. The molecule has 2 amide bonds. The third-order valence-corrected chi connectivity index (χ3v) is 5.76. The van der Waals surface area contributed by atoms with Gasteiger partial charge in [-0.25, -0.2) is 0 Å². The van der Waals surface area contributed by atoms with E-state index >= 15 is 0 Å². The number of carbonyl (C=O) groups is 2. The van der Waals surface area contributed by atoms with E-state index in [9.17, 15) is 9.59 Å². The zero-order valence-corrected chi connectivity index (χ0v) is 19.1. The SMILES string of the molecule is Cc1nn(CC(C)C)c(C)c1CC(=O)Nc1c(C(=O)N2CCOCC2)oc2ccccc12. The first-order valence-electron chi connectivity index (χ1n) is 11.1. The highest BCUT2D eigenvalue weighted by molar-refractivity contribution is 6.11. The Morgan fingerprint density at radius 2 is 1.88 bits per heavy atom. The summed E-state index contributed by atoms with van der Waals surface area (Å²) in [5, 5.41) is 8.27. The lowest BCUT2D eigenvalue weighted by molar-refractivity contribution is -0.115. The van der Waals surface area contributed by atoms with E-state index in [0.29, 0.717) is 48.9 Å². The van der Waals surface area contributed by atoms with Gasteiger partial charge in [-0.2, -0.15) is 5.10 Å². The molecule has 0 atom stereocenters. The molecule has 0 unspecified atom stereocenters. The molecule has 1 aromatic carbocycles. The lowest BCUT2D eigenvalue weighted by atomic mass is 10.1. The molecule has 0 radical (unpaired) electrons. The lowest BCUT2D eigenvalue weighted by Crippen LogP contribution is -2.40. The summed E-state index contributed by atoms with van der Waals surface area (Å²) in [5.41, 5.74) is 3.74. The van der Waals surface area contributed by atoms with Crippen LogP contribution >= 0.6 is 0 Å². The van der Waals surface area contributed by atoms with Gasteiger partial charge in [0.25, 0.3) is 5.91 Å². The number of aromatic nitrogens is 2. The van der Waals surface area contributed by atoms with Crippen molar-refractivity contribution in [3.63, 3.8) is 0 Å². The van der Waals surface area contributed by atoms with Gasteiger partial charge >= 0.3 is 0 Å². The topological polar surface area (TPSA) is 89.6 Å². The van der Waals surface area contributed by atoms with Gasteiger partial charge in [0, 0.05) is 36.3 Å². The molecule has 8 heteroatoms. The van der Waals surface area contributed by atoms with Crippen molar-refractivity contribution in [3.05, 3.63) is 47.0 Å². The number of ether oxygens (including phenoxy) is 1. The highest BCUT2D eigenvalue weighted by Crippen LogP contribution is 2.32. The number of para-hydroxylation sites is 1. The first kappa shape index (κ1) is 22.1. The molecule has 0 bridgehead atoms. The Labute approximate surface area is 187 Å². The number of anilines is 1. The van der Waals surface area contributed by atoms with Crippen LogP contribution in [-0.4, -0.2) is 52.8 Å². The number of carbonyl (C=O) groups excluding carboxylic acids is 2. The molecule has 1 saturated heterocycles. The molecule has 170 valence electrons. The first-order chi connectivity index (χ1) is 15.3. The summed E-state index contributed by atoms with van der Waals surface area (Å²) in [6.45, 7) is 11.0. The van der Waals surface area contributed by atoms with E-state index in [4.69, 9.17) is 9.15 Å². The van der Waals surface area contributed by atoms with Gasteiger partial charge in [-0.3, -0.25) is 14.3 Å². The van der Waals surface area contributed by atoms with E-state index in [-0.39, 0.29) is 24.0 Å². The fourth-order valence-electron chi connectivity index (χ4n) is 4.09. The molecule has 1 fully saturated rings. The van der Waals surface area contributed by atoms with Crippen LogP contribution in [0.3, 0.4) is 0 Å². The highest BCUT2D eigenvalue weighted by atomic mass is 16.5. The number of nitrogens with one attached hydrogen (secondary N) is 1. The molecule has 0 saturated carbocycles. The van der Waals surface area contributed by atoms with Gasteiger partial charge in [0.2, 0.25) is 11.7 Å². The highest BCUT2D eigenvalue weighted by Gasteiger charge is 2.28. The number of amides is 2. The van der Waals surface area contributed by atoms with Crippen LogP contribution in [0.2, 0.25) is 0 Å². The van der Waals surface area contributed by atoms with Gasteiger partial charge < -0.3 is 19.4 Å². The number of hydrogen-bond donors (Lipinski definition) is 1. The molecule has 0 spiro atoms. The van der Waals surface area contributed by atoms with E-state index in [1.807, 2.05) is 36.7 Å². The smallest absolute Gasteiger partial charge is 0.291 e. The molecule has 2 aromatic heterocycles. The third kappa shape index (κ3) is 4.41. The Morgan fingerprint density at radius 3 is 2.59 bits per heavy atom. The van der Waals surface area contributed by atoms with Gasteiger partial charge in [-0.1, -0.05) is 26.0 Å². The van der Waals surface area contributed by atoms with Crippen molar-refractivity contribution in [1.29, 1.82) is 0 Å². The molecule has 1 N–H and O–H groups in total. The fourth-order valence-corrected chi connectivity index (χ4v) is 4.09. The summed E-state index contributed by atoms with van der Waals surface area (Å²) in [4.78, 5) is 27.9. The lowest BCUT2D eigenvalue weighted by Gasteiger charge is -2.26. The number of aryl methyl sites for hydroxylation is 1. The van der Waals surface area contributed by atoms with Gasteiger partial charge in [-0.15, -0.1) is 0 Å². The Balaban J connectivity index is 1.61. The number of furan rings is 1. The fraction of sp³-hybridized carbons (Fsp3) is 0.458. The number of fused-ring (bicyclic) bond motifs is 1. The quantitative estimate of drug-likeness (QED) is 0.636. The van der Waals surface area contributed by atoms with Crippen LogP contribution in [0.4, 0.5) is 5.69 Å². The minimum Gasteiger partial charge on any atom is -0.449 e. The maximum Gasteiger partial charge on any atom is 0.291 e. The minimum absolute atomic E-state index is 0.158. The molecule has 3 aromatic rings. The minimum atomic E-state index is -0.239. The van der Waals surface area contributed by atoms with Gasteiger partial charge in [-0.05, 0) is 31.9 Å². The monoisotopic (exact) mass is 438 g/mol. The molecule has 4 rings (SSSR count). The van der Waals surface area contributed by atoms with Crippen molar-refractivity contribution in [3.8, 4) is 0 Å². The number of rotatable bonds is 6. The van der Waals surface area contributed by atoms with Crippen molar-refractivity contribution < 1.29 is 18.7 Å². The summed E-state index contributed by atoms with van der Waals surface area (Å²) in [6, 6.07) is 7.35. The summed E-state index contributed by atoms with van der Waals surface area (Å²) in [6.07, 6.45) is 0.181. The second-order valence-corrected chi connectivity index (χ2v) is 8.66. The molecule has 8 nitrogen and oxygen atoms in total. The number of benzene rings is 1. The third-order valence-electron chi connectivity index (χ3n) is 5.76. The van der Waals surface area contributed by atoms with Crippen LogP contribution in [0.15, 0.2) is 28.7 Å². The molecular formula is C24H30N4O4. The largest absolute Gasteiger partial charge is 0.449 e. The van der Waals surface area contributed by atoms with Crippen LogP contribution in [-0.2, 0) is 22.5 Å². The van der Waals surface area contributed by atoms with Crippen molar-refractivity contribution >= 4 is 28.5 Å². The van der Waals surface area contributed by atoms with Crippen molar-refractivity contribution in [2.24, 2.45) is 5.92 Å². The predicted molar refractivity (Wildman–Crippen MR) is 122 cm³/mol. The maximum absolute atomic E-state index is 13.2. The van der Waals surface area contributed by atoms with E-state index < -0.39 is 0 Å². The molecule has 32 heavy (non-hydrogen) atoms. The van der Waals surface area contributed by atoms with Gasteiger partial charge in [0.05, 0.1) is 25.3 Å². The van der Waals surface area contributed by atoms with Gasteiger partial charge in [0.1, 0.15) is 11.3 Å².